The highest BCUT2D eigenvalue weighted by Gasteiger charge is 1.32. The molecule has 0 aliphatic carbocycles. The molecule has 0 aliphatic rings. The van der Waals surface area contributed by atoms with Crippen LogP contribution in [-0.4, -0.2) is 19.2 Å². The van der Waals surface area contributed by atoms with Crippen molar-refractivity contribution in [3.05, 3.63) is 0 Å². The smallest absolute Gasteiger partial charge is 0.0187 e. The molecule has 1 nitrogen and oxygen atoms in total. The molecule has 0 saturated heterocycles. The summed E-state index contributed by atoms with van der Waals surface area (Å²) in [5, 5.41) is 5.50. The summed E-state index contributed by atoms with van der Waals surface area (Å²) in [6, 6.07) is 0. The third kappa shape index (κ3) is 41000. The molecular formula is C3H9NS. The molecule has 1 N–H and O–H groups in total. The van der Waals surface area contributed by atoms with Gasteiger partial charge in [0.25, 0.3) is 0 Å². The first-order valence-electron chi connectivity index (χ1n) is 1.17. The Balaban J connectivity index is 0. The number of hydrogen-bond acceptors (Lipinski definition) is 2. The maximum atomic E-state index is 5.50. The van der Waals surface area contributed by atoms with Gasteiger partial charge in [0.1, 0.15) is 0 Å². The van der Waals surface area contributed by atoms with E-state index in [0.29, 0.717) is 0 Å². The fraction of sp³-hybridized carbons (Fsp3) is 0.667. The van der Waals surface area contributed by atoms with Crippen LogP contribution in [0.1, 0.15) is 0 Å². The summed E-state index contributed by atoms with van der Waals surface area (Å²) in [7, 11) is 0. The Labute approximate surface area is 37.3 Å². The first kappa shape index (κ1) is 8.89. The molecular weight excluding hydrogens is 82.1 g/mol. The summed E-state index contributed by atoms with van der Waals surface area (Å²) in [5.74, 6) is 0. The third-order valence-corrected chi connectivity index (χ3v) is 0. The van der Waals surface area contributed by atoms with Gasteiger partial charge in [0, 0.05) is 0 Å². The maximum absolute atomic E-state index is 5.50. The highest BCUT2D eigenvalue weighted by Crippen LogP contribution is 1.70. The van der Waals surface area contributed by atoms with E-state index in [4.69, 9.17) is 5.41 Å². The Bertz CT molecular complexity index is 10.9. The number of nitrogens with one attached hydrogen (secondary N) is 1. The van der Waals surface area contributed by atoms with E-state index >= 15 is 0 Å². The molecule has 0 atom stereocenters. The van der Waals surface area contributed by atoms with Gasteiger partial charge in [-0.2, -0.15) is 11.8 Å². The highest BCUT2D eigenvalue weighted by molar-refractivity contribution is 7.97. The summed E-state index contributed by atoms with van der Waals surface area (Å²) in [6.07, 6.45) is 4.08. The molecule has 32 valence electrons. The predicted molar refractivity (Wildman–Crippen MR) is 29.3 cm³/mol. The first-order valence-corrected chi connectivity index (χ1v) is 2.80. The van der Waals surface area contributed by atoms with E-state index in [1.54, 1.807) is 11.8 Å². The Morgan fingerprint density at radius 3 is 1.40 bits per heavy atom. The van der Waals surface area contributed by atoms with E-state index < -0.39 is 0 Å². The average molecular weight is 91.2 g/mol. The molecule has 0 spiro atoms. The quantitative estimate of drug-likeness (QED) is 0.445. The second kappa shape index (κ2) is 35.2. The van der Waals surface area contributed by atoms with Crippen molar-refractivity contribution in [1.29, 1.82) is 5.41 Å². The van der Waals surface area contributed by atoms with Crippen molar-refractivity contribution < 1.29 is 0 Å². The van der Waals surface area contributed by atoms with Crippen LogP contribution in [0.3, 0.4) is 0 Å². The van der Waals surface area contributed by atoms with Crippen molar-refractivity contribution in [2.24, 2.45) is 0 Å². The fourth-order valence-corrected chi connectivity index (χ4v) is 0. The zero-order valence-electron chi connectivity index (χ0n) is 3.62. The molecule has 0 fully saturated rings. The van der Waals surface area contributed by atoms with Gasteiger partial charge in [0.2, 0.25) is 0 Å². The SMILES string of the molecule is C=N.CSC. The Morgan fingerprint density at radius 2 is 1.40 bits per heavy atom. The second-order valence-electron chi connectivity index (χ2n) is 0.408. The van der Waals surface area contributed by atoms with Crippen LogP contribution in [0.2, 0.25) is 0 Å². The molecule has 2 heteroatoms. The molecule has 0 heterocycles. The van der Waals surface area contributed by atoms with E-state index in [1.807, 2.05) is 12.5 Å². The van der Waals surface area contributed by atoms with Gasteiger partial charge < -0.3 is 5.41 Å². The molecule has 5 heavy (non-hydrogen) atoms. The van der Waals surface area contributed by atoms with Crippen LogP contribution in [0.15, 0.2) is 0 Å². The van der Waals surface area contributed by atoms with E-state index in [9.17, 15) is 0 Å². The summed E-state index contributed by atoms with van der Waals surface area (Å²) < 4.78 is 0. The van der Waals surface area contributed by atoms with E-state index in [1.165, 1.54) is 0 Å². The van der Waals surface area contributed by atoms with Crippen LogP contribution in [-0.2, 0) is 0 Å². The Kier molecular flexibility index (Phi) is 62.7. The molecule has 0 bridgehead atoms. The molecule has 0 aliphatic heterocycles. The fourth-order valence-electron chi connectivity index (χ4n) is 0. The van der Waals surface area contributed by atoms with Gasteiger partial charge in [-0.05, 0) is 19.2 Å². The lowest BCUT2D eigenvalue weighted by Crippen LogP contribution is -1.25. The molecule has 0 saturated carbocycles. The topological polar surface area (TPSA) is 23.9 Å². The lowest BCUT2D eigenvalue weighted by atomic mass is 11.8. The summed E-state index contributed by atoms with van der Waals surface area (Å²) >= 11 is 1.75. The predicted octanol–water partition coefficient (Wildman–Crippen LogP) is 1.24. The van der Waals surface area contributed by atoms with Crippen molar-refractivity contribution in [2.45, 2.75) is 0 Å². The zero-order chi connectivity index (χ0) is 4.71. The van der Waals surface area contributed by atoms with Gasteiger partial charge in [-0.25, -0.2) is 0 Å². The zero-order valence-corrected chi connectivity index (χ0v) is 4.43. The minimum absolute atomic E-state index is 1.75. The normalized spacial score (nSPS) is 4.40. The van der Waals surface area contributed by atoms with Gasteiger partial charge in [-0.15, -0.1) is 0 Å². The molecule has 0 aromatic heterocycles. The van der Waals surface area contributed by atoms with Crippen LogP contribution in [0.25, 0.3) is 0 Å². The Hall–Kier alpha value is 0.0200. The largest absolute Gasteiger partial charge is 0.317 e. The monoisotopic (exact) mass is 91.0 g/mol. The minimum atomic E-state index is 1.75. The minimum Gasteiger partial charge on any atom is -0.317 e. The van der Waals surface area contributed by atoms with Crippen molar-refractivity contribution in [2.75, 3.05) is 12.5 Å². The maximum Gasteiger partial charge on any atom is -0.0187 e. The van der Waals surface area contributed by atoms with Crippen molar-refractivity contribution >= 4 is 18.5 Å². The van der Waals surface area contributed by atoms with Crippen LogP contribution < -0.4 is 0 Å². The lowest BCUT2D eigenvalue weighted by Gasteiger charge is -1.51. The van der Waals surface area contributed by atoms with E-state index in [-0.39, 0.29) is 0 Å². The Morgan fingerprint density at radius 1 is 1.40 bits per heavy atom. The lowest BCUT2D eigenvalue weighted by molar-refractivity contribution is 1.61. The molecule has 0 rings (SSSR count). The average Bonchev–Trinajstić information content (AvgIpc) is 1.46. The van der Waals surface area contributed by atoms with E-state index in [2.05, 4.69) is 6.72 Å². The number of thioether (sulfide) groups is 1. The summed E-state index contributed by atoms with van der Waals surface area (Å²) in [4.78, 5) is 0. The van der Waals surface area contributed by atoms with Crippen molar-refractivity contribution in [1.82, 2.24) is 0 Å². The first-order chi connectivity index (χ1) is 2.41. The molecule has 0 unspecified atom stereocenters. The van der Waals surface area contributed by atoms with Gasteiger partial charge in [-0.3, -0.25) is 0 Å². The summed E-state index contributed by atoms with van der Waals surface area (Å²) in [5.41, 5.74) is 0. The number of rotatable bonds is 0. The van der Waals surface area contributed by atoms with Crippen molar-refractivity contribution in [3.63, 3.8) is 0 Å². The standard InChI is InChI=1S/C2H6S.CH3N/c1-3-2;1-2/h1-2H3;2H,1H2. The van der Waals surface area contributed by atoms with Gasteiger partial charge in [0.15, 0.2) is 0 Å². The molecule has 0 aromatic carbocycles. The molecule has 0 radical (unpaired) electrons. The highest BCUT2D eigenvalue weighted by atomic mass is 32.2. The number of hydrogen-bond donors (Lipinski definition) is 1. The van der Waals surface area contributed by atoms with Crippen molar-refractivity contribution in [3.8, 4) is 0 Å². The molecule has 0 amide bonds. The van der Waals surface area contributed by atoms with Gasteiger partial charge >= 0.3 is 0 Å². The molecule has 0 aromatic rings. The summed E-state index contributed by atoms with van der Waals surface area (Å²) in [6.45, 7) is 2.50. The van der Waals surface area contributed by atoms with Crippen LogP contribution in [0.5, 0.6) is 0 Å². The van der Waals surface area contributed by atoms with Crippen LogP contribution >= 0.6 is 11.8 Å². The van der Waals surface area contributed by atoms with Crippen LogP contribution in [0, 0.1) is 5.41 Å². The van der Waals surface area contributed by atoms with Gasteiger partial charge in [0.05, 0.1) is 0 Å². The third-order valence-electron chi connectivity index (χ3n) is 0. The van der Waals surface area contributed by atoms with Gasteiger partial charge in [-0.1, -0.05) is 0 Å². The van der Waals surface area contributed by atoms with E-state index in [0.717, 1.165) is 0 Å². The van der Waals surface area contributed by atoms with Crippen LogP contribution in [0.4, 0.5) is 0 Å². The second-order valence-corrected chi connectivity index (χ2v) is 1.22.